The summed E-state index contributed by atoms with van der Waals surface area (Å²) in [6.07, 6.45) is 5.89. The van der Waals surface area contributed by atoms with Crippen LogP contribution >= 0.6 is 15.9 Å². The molecule has 0 bridgehead atoms. The van der Waals surface area contributed by atoms with Crippen LogP contribution in [0.5, 0.6) is 0 Å². The van der Waals surface area contributed by atoms with Crippen LogP contribution in [0, 0.1) is 10.1 Å². The normalized spacial score (nSPS) is 15.0. The summed E-state index contributed by atoms with van der Waals surface area (Å²) in [5.74, 6) is -0.917. The average molecular weight is 596 g/mol. The first kappa shape index (κ1) is 28.6. The maximum Gasteiger partial charge on any atom is 0.271 e. The number of rotatable bonds is 10. The first-order valence-corrected chi connectivity index (χ1v) is 14.7. The average Bonchev–Trinajstić information content (AvgIpc) is 2.85. The highest BCUT2D eigenvalue weighted by molar-refractivity contribution is 9.10. The van der Waals surface area contributed by atoms with Crippen molar-refractivity contribution in [2.75, 3.05) is 17.1 Å². The monoisotopic (exact) mass is 594 g/mol. The molecule has 0 aliphatic heterocycles. The van der Waals surface area contributed by atoms with Crippen molar-refractivity contribution in [3.05, 3.63) is 68.7 Å². The third kappa shape index (κ3) is 8.00. The smallest absolute Gasteiger partial charge is 0.271 e. The molecule has 0 heterocycles. The summed E-state index contributed by atoms with van der Waals surface area (Å²) in [7, 11) is -3.98. The number of benzene rings is 2. The molecule has 0 radical (unpaired) electrons. The van der Waals surface area contributed by atoms with Crippen molar-refractivity contribution in [2.45, 2.75) is 57.7 Å². The third-order valence-corrected chi connectivity index (χ3v) is 8.00. The molecule has 2 aromatic rings. The largest absolute Gasteiger partial charge is 0.352 e. The summed E-state index contributed by atoms with van der Waals surface area (Å²) in [4.78, 5) is 38.7. The summed E-state index contributed by atoms with van der Waals surface area (Å²) in [6.45, 7) is 1.07. The van der Waals surface area contributed by atoms with Gasteiger partial charge in [-0.3, -0.25) is 24.0 Å². The Morgan fingerprint density at radius 1 is 1.14 bits per heavy atom. The lowest BCUT2D eigenvalue weighted by atomic mass is 9.95. The van der Waals surface area contributed by atoms with E-state index in [2.05, 4.69) is 21.2 Å². The van der Waals surface area contributed by atoms with Crippen molar-refractivity contribution in [1.29, 1.82) is 0 Å². The maximum atomic E-state index is 13.6. The Kier molecular flexibility index (Phi) is 9.66. The molecule has 0 aromatic heterocycles. The van der Waals surface area contributed by atoms with E-state index in [1.807, 2.05) is 18.2 Å². The number of carbonyl (C=O) groups is 2. The Labute approximate surface area is 225 Å². The molecule has 1 N–H and O–H groups in total. The molecular weight excluding hydrogens is 564 g/mol. The number of halogens is 1. The van der Waals surface area contributed by atoms with E-state index >= 15 is 0 Å². The van der Waals surface area contributed by atoms with Gasteiger partial charge in [-0.05, 0) is 43.5 Å². The minimum atomic E-state index is -3.98. The Morgan fingerprint density at radius 2 is 1.81 bits per heavy atom. The lowest BCUT2D eigenvalue weighted by Crippen LogP contribution is -2.52. The van der Waals surface area contributed by atoms with Gasteiger partial charge < -0.3 is 10.2 Å². The van der Waals surface area contributed by atoms with Crippen molar-refractivity contribution >= 4 is 49.1 Å². The number of hydrogen-bond donors (Lipinski definition) is 1. The molecule has 10 nitrogen and oxygen atoms in total. The molecule has 3 rings (SSSR count). The predicted molar refractivity (Wildman–Crippen MR) is 144 cm³/mol. The maximum absolute atomic E-state index is 13.6. The summed E-state index contributed by atoms with van der Waals surface area (Å²) >= 11 is 3.41. The van der Waals surface area contributed by atoms with Crippen molar-refractivity contribution < 1.29 is 22.9 Å². The van der Waals surface area contributed by atoms with Crippen molar-refractivity contribution in [3.63, 3.8) is 0 Å². The Morgan fingerprint density at radius 3 is 2.43 bits per heavy atom. The number of anilines is 1. The van der Waals surface area contributed by atoms with Gasteiger partial charge in [-0.2, -0.15) is 0 Å². The molecule has 2 aromatic carbocycles. The lowest BCUT2D eigenvalue weighted by molar-refractivity contribution is -0.384. The molecule has 12 heteroatoms. The van der Waals surface area contributed by atoms with Crippen molar-refractivity contribution in [2.24, 2.45) is 0 Å². The summed E-state index contributed by atoms with van der Waals surface area (Å²) < 4.78 is 26.9. The molecule has 0 spiro atoms. The number of nitrogens with zero attached hydrogens (tertiary/aromatic N) is 3. The summed E-state index contributed by atoms with van der Waals surface area (Å²) in [6, 6.07) is 11.5. The van der Waals surface area contributed by atoms with E-state index in [-0.39, 0.29) is 29.9 Å². The second kappa shape index (κ2) is 12.5. The number of nitro groups is 1. The van der Waals surface area contributed by atoms with Gasteiger partial charge in [0.25, 0.3) is 5.69 Å². The van der Waals surface area contributed by atoms with Gasteiger partial charge in [0.2, 0.25) is 21.8 Å². The summed E-state index contributed by atoms with van der Waals surface area (Å²) in [5, 5.41) is 14.3. The number of nitrogens with one attached hydrogen (secondary N) is 1. The zero-order chi connectivity index (χ0) is 27.2. The molecule has 1 aliphatic rings. The Bertz CT molecular complexity index is 1250. The number of sulfonamides is 1. The van der Waals surface area contributed by atoms with Gasteiger partial charge >= 0.3 is 0 Å². The Balaban J connectivity index is 1.90. The van der Waals surface area contributed by atoms with E-state index in [1.165, 1.54) is 23.1 Å². The van der Waals surface area contributed by atoms with Crippen molar-refractivity contribution in [1.82, 2.24) is 10.2 Å². The van der Waals surface area contributed by atoms with Crippen LogP contribution in [-0.2, 0) is 26.2 Å². The first-order valence-electron chi connectivity index (χ1n) is 12.0. The van der Waals surface area contributed by atoms with Crippen LogP contribution in [0.4, 0.5) is 11.4 Å². The minimum Gasteiger partial charge on any atom is -0.352 e. The second-order valence-corrected chi connectivity index (χ2v) is 12.0. The minimum absolute atomic E-state index is 0.00762. The highest BCUT2D eigenvalue weighted by Crippen LogP contribution is 2.24. The zero-order valence-electron chi connectivity index (χ0n) is 20.8. The molecule has 1 atom stereocenters. The van der Waals surface area contributed by atoms with Crippen LogP contribution in [0.3, 0.4) is 0 Å². The molecule has 1 fully saturated rings. The standard InChI is InChI=1S/C25H31BrN4O6S/c1-18(25(32)27-21-10-4-3-5-11-21)28(16-19-8-6-9-20(26)14-19)24(31)17-29(37(2,35)36)22-12-7-13-23(15-22)30(33)34/h6-9,12-15,18,21H,3-5,10-11,16-17H2,1-2H3,(H,27,32). The van der Waals surface area contributed by atoms with Crippen LogP contribution in [0.25, 0.3) is 0 Å². The van der Waals surface area contributed by atoms with E-state index in [9.17, 15) is 28.1 Å². The topological polar surface area (TPSA) is 130 Å². The van der Waals surface area contributed by atoms with E-state index < -0.39 is 33.4 Å². The molecule has 1 aliphatic carbocycles. The molecule has 0 saturated heterocycles. The number of non-ortho nitro benzene ring substituents is 1. The van der Waals surface area contributed by atoms with Gasteiger partial charge in [0.05, 0.1) is 16.9 Å². The third-order valence-electron chi connectivity index (χ3n) is 6.37. The molecular formula is C25H31BrN4O6S. The van der Waals surface area contributed by atoms with Crippen LogP contribution in [0.2, 0.25) is 0 Å². The van der Waals surface area contributed by atoms with Crippen LogP contribution in [-0.4, -0.2) is 54.9 Å². The van der Waals surface area contributed by atoms with E-state index in [0.717, 1.165) is 58.8 Å². The van der Waals surface area contributed by atoms with E-state index in [4.69, 9.17) is 0 Å². The quantitative estimate of drug-likeness (QED) is 0.327. The fourth-order valence-electron chi connectivity index (χ4n) is 4.36. The molecule has 37 heavy (non-hydrogen) atoms. The molecule has 200 valence electrons. The van der Waals surface area contributed by atoms with E-state index in [0.29, 0.717) is 0 Å². The fourth-order valence-corrected chi connectivity index (χ4v) is 5.65. The van der Waals surface area contributed by atoms with E-state index in [1.54, 1.807) is 13.0 Å². The van der Waals surface area contributed by atoms with Gasteiger partial charge in [-0.15, -0.1) is 0 Å². The number of amides is 2. The SMILES string of the molecule is CC(C(=O)NC1CCCCC1)N(Cc1cccc(Br)c1)C(=O)CN(c1cccc([N+](=O)[O-])c1)S(C)(=O)=O. The molecule has 1 unspecified atom stereocenters. The molecule has 2 amide bonds. The van der Waals surface area contributed by atoms with Gasteiger partial charge in [-0.1, -0.05) is 53.4 Å². The van der Waals surface area contributed by atoms with Crippen LogP contribution < -0.4 is 9.62 Å². The zero-order valence-corrected chi connectivity index (χ0v) is 23.2. The second-order valence-electron chi connectivity index (χ2n) is 9.22. The predicted octanol–water partition coefficient (Wildman–Crippen LogP) is 3.99. The van der Waals surface area contributed by atoms with Gasteiger partial charge in [0.15, 0.2) is 0 Å². The van der Waals surface area contributed by atoms with Crippen molar-refractivity contribution in [3.8, 4) is 0 Å². The van der Waals surface area contributed by atoms with Crippen LogP contribution in [0.15, 0.2) is 53.0 Å². The fraction of sp³-hybridized carbons (Fsp3) is 0.440. The number of hydrogen-bond acceptors (Lipinski definition) is 6. The van der Waals surface area contributed by atoms with Gasteiger partial charge in [0, 0.05) is 29.2 Å². The lowest BCUT2D eigenvalue weighted by Gasteiger charge is -2.33. The first-order chi connectivity index (χ1) is 17.5. The Hall–Kier alpha value is -2.99. The highest BCUT2D eigenvalue weighted by atomic mass is 79.9. The van der Waals surface area contributed by atoms with Crippen LogP contribution in [0.1, 0.15) is 44.6 Å². The van der Waals surface area contributed by atoms with Gasteiger partial charge in [0.1, 0.15) is 12.6 Å². The molecule has 1 saturated carbocycles. The highest BCUT2D eigenvalue weighted by Gasteiger charge is 2.31. The summed E-state index contributed by atoms with van der Waals surface area (Å²) in [5.41, 5.74) is 0.442. The number of nitro benzene ring substituents is 1. The van der Waals surface area contributed by atoms with Gasteiger partial charge in [-0.25, -0.2) is 8.42 Å². The number of carbonyl (C=O) groups excluding carboxylic acids is 2.